The first kappa shape index (κ1) is 17.6. The highest BCUT2D eigenvalue weighted by atomic mass is 32.2. The highest BCUT2D eigenvalue weighted by molar-refractivity contribution is 7.99. The maximum atomic E-state index is 12.4. The third-order valence-electron chi connectivity index (χ3n) is 4.41. The maximum absolute atomic E-state index is 12.4. The molecule has 2 fully saturated rings. The number of thioether (sulfide) groups is 1. The van der Waals surface area contributed by atoms with Gasteiger partial charge in [-0.15, -0.1) is 11.8 Å². The van der Waals surface area contributed by atoms with Gasteiger partial charge in [0, 0.05) is 31.1 Å². The Kier molecular flexibility index (Phi) is 5.79. The van der Waals surface area contributed by atoms with Gasteiger partial charge in [-0.25, -0.2) is 4.79 Å². The van der Waals surface area contributed by atoms with Crippen molar-refractivity contribution in [2.45, 2.75) is 12.5 Å². The number of amides is 3. The van der Waals surface area contributed by atoms with Crippen LogP contribution in [0.15, 0.2) is 24.3 Å². The molecule has 1 aromatic rings. The van der Waals surface area contributed by atoms with Crippen LogP contribution in [0.25, 0.3) is 0 Å². The van der Waals surface area contributed by atoms with Gasteiger partial charge in [0.15, 0.2) is 0 Å². The second-order valence-corrected chi connectivity index (χ2v) is 7.30. The van der Waals surface area contributed by atoms with Gasteiger partial charge in [0.25, 0.3) is 0 Å². The molecule has 3 rings (SSSR count). The average molecular weight is 359 g/mol. The predicted molar refractivity (Wildman–Crippen MR) is 97.1 cm³/mol. The number of nitrogens with zero attached hydrogens (tertiary/aromatic N) is 2. The van der Waals surface area contributed by atoms with Crippen molar-refractivity contribution in [2.24, 2.45) is 5.92 Å². The van der Waals surface area contributed by atoms with Crippen LogP contribution in [0.5, 0.6) is 0 Å². The molecule has 2 unspecified atom stereocenters. The highest BCUT2D eigenvalue weighted by Crippen LogP contribution is 2.20. The summed E-state index contributed by atoms with van der Waals surface area (Å²) < 4.78 is 0. The van der Waals surface area contributed by atoms with Crippen molar-refractivity contribution < 1.29 is 9.59 Å². The third-order valence-corrected chi connectivity index (χ3v) is 5.37. The van der Waals surface area contributed by atoms with Crippen LogP contribution in [0.3, 0.4) is 0 Å². The first-order valence-corrected chi connectivity index (χ1v) is 9.46. The smallest absolute Gasteiger partial charge is 0.319 e. The fraction of sp³-hybridized carbons (Fsp3) is 0.471. The lowest BCUT2D eigenvalue weighted by Crippen LogP contribution is -2.42. The van der Waals surface area contributed by atoms with Crippen LogP contribution in [0.2, 0.25) is 0 Å². The zero-order valence-electron chi connectivity index (χ0n) is 13.8. The number of hydrogen-bond acceptors (Lipinski definition) is 5. The Labute approximate surface area is 151 Å². The maximum Gasteiger partial charge on any atom is 0.319 e. The minimum Gasteiger partial charge on any atom is -0.338 e. The van der Waals surface area contributed by atoms with Crippen LogP contribution < -0.4 is 16.0 Å². The fourth-order valence-electron chi connectivity index (χ4n) is 3.00. The quantitative estimate of drug-likeness (QED) is 0.750. The van der Waals surface area contributed by atoms with E-state index in [1.165, 1.54) is 0 Å². The Bertz CT molecular complexity index is 667. The summed E-state index contributed by atoms with van der Waals surface area (Å²) in [7, 11) is 0. The van der Waals surface area contributed by atoms with Crippen molar-refractivity contribution in [3.05, 3.63) is 29.8 Å². The topological polar surface area (TPSA) is 97.3 Å². The summed E-state index contributed by atoms with van der Waals surface area (Å²) >= 11 is 1.78. The van der Waals surface area contributed by atoms with Crippen LogP contribution in [0, 0.1) is 17.2 Å². The van der Waals surface area contributed by atoms with E-state index in [-0.39, 0.29) is 23.9 Å². The van der Waals surface area contributed by atoms with E-state index >= 15 is 0 Å². The molecule has 0 bridgehead atoms. The zero-order chi connectivity index (χ0) is 17.6. The van der Waals surface area contributed by atoms with Gasteiger partial charge in [-0.3, -0.25) is 4.79 Å². The molecule has 2 heterocycles. The van der Waals surface area contributed by atoms with E-state index in [0.717, 1.165) is 31.1 Å². The minimum atomic E-state index is -0.282. The van der Waals surface area contributed by atoms with Gasteiger partial charge in [-0.05, 0) is 36.6 Å². The van der Waals surface area contributed by atoms with E-state index in [9.17, 15) is 9.59 Å². The van der Waals surface area contributed by atoms with Gasteiger partial charge in [0.2, 0.25) is 5.91 Å². The molecule has 3 amide bonds. The lowest BCUT2D eigenvalue weighted by Gasteiger charge is -2.19. The monoisotopic (exact) mass is 359 g/mol. The molecule has 8 heteroatoms. The van der Waals surface area contributed by atoms with E-state index in [1.54, 1.807) is 36.0 Å². The molecule has 132 valence electrons. The number of carbonyl (C=O) groups is 2. The Morgan fingerprint density at radius 2 is 2.16 bits per heavy atom. The minimum absolute atomic E-state index is 0.132. The molecule has 25 heavy (non-hydrogen) atoms. The van der Waals surface area contributed by atoms with Crippen LogP contribution in [-0.4, -0.2) is 54.1 Å². The van der Waals surface area contributed by atoms with Crippen LogP contribution in [0.1, 0.15) is 12.0 Å². The van der Waals surface area contributed by atoms with E-state index in [1.807, 2.05) is 11.0 Å². The Balaban J connectivity index is 1.40. The molecule has 0 saturated carbocycles. The van der Waals surface area contributed by atoms with E-state index in [0.29, 0.717) is 17.8 Å². The van der Waals surface area contributed by atoms with Gasteiger partial charge in [0.1, 0.15) is 0 Å². The molecule has 0 aromatic heterocycles. The standard InChI is InChI=1S/C17H21N5O2S/c18-8-12-1-3-14(4-2-12)21-17(24)20-10-13-7-15(19-9-13)16(23)22-5-6-25-11-22/h1-4,13,15,19H,5-7,9-11H2,(H2,20,21,24). The second kappa shape index (κ2) is 8.23. The van der Waals surface area contributed by atoms with Gasteiger partial charge >= 0.3 is 6.03 Å². The Hall–Kier alpha value is -2.24. The van der Waals surface area contributed by atoms with Gasteiger partial charge in [0.05, 0.1) is 23.6 Å². The van der Waals surface area contributed by atoms with Crippen LogP contribution in [-0.2, 0) is 4.79 Å². The van der Waals surface area contributed by atoms with E-state index < -0.39 is 0 Å². The number of urea groups is 1. The molecule has 2 aliphatic heterocycles. The largest absolute Gasteiger partial charge is 0.338 e. The lowest BCUT2D eigenvalue weighted by atomic mass is 10.1. The fourth-order valence-corrected chi connectivity index (χ4v) is 3.96. The summed E-state index contributed by atoms with van der Waals surface area (Å²) in [6, 6.07) is 8.32. The van der Waals surface area contributed by atoms with Gasteiger partial charge in [-0.2, -0.15) is 5.26 Å². The van der Waals surface area contributed by atoms with Crippen molar-refractivity contribution in [2.75, 3.05) is 36.6 Å². The lowest BCUT2D eigenvalue weighted by molar-refractivity contribution is -0.131. The number of rotatable bonds is 4. The predicted octanol–water partition coefficient (Wildman–Crippen LogP) is 1.19. The molecule has 7 nitrogen and oxygen atoms in total. The summed E-state index contributed by atoms with van der Waals surface area (Å²) in [6.07, 6.45) is 0.747. The number of anilines is 1. The summed E-state index contributed by atoms with van der Waals surface area (Å²) in [5.74, 6) is 2.22. The first-order chi connectivity index (χ1) is 12.2. The zero-order valence-corrected chi connectivity index (χ0v) is 14.6. The number of carbonyl (C=O) groups excluding carboxylic acids is 2. The van der Waals surface area contributed by atoms with E-state index in [4.69, 9.17) is 5.26 Å². The van der Waals surface area contributed by atoms with Crippen molar-refractivity contribution in [3.8, 4) is 6.07 Å². The molecule has 2 aliphatic rings. The van der Waals surface area contributed by atoms with Crippen molar-refractivity contribution >= 4 is 29.4 Å². The molecule has 0 aliphatic carbocycles. The molecule has 0 radical (unpaired) electrons. The summed E-state index contributed by atoms with van der Waals surface area (Å²) in [5, 5.41) is 17.6. The van der Waals surface area contributed by atoms with E-state index in [2.05, 4.69) is 16.0 Å². The molecule has 2 atom stereocenters. The van der Waals surface area contributed by atoms with Crippen LogP contribution in [0.4, 0.5) is 10.5 Å². The molecule has 2 saturated heterocycles. The number of nitriles is 1. The summed E-state index contributed by atoms with van der Waals surface area (Å²) in [5.41, 5.74) is 1.19. The van der Waals surface area contributed by atoms with Crippen molar-refractivity contribution in [3.63, 3.8) is 0 Å². The van der Waals surface area contributed by atoms with Crippen molar-refractivity contribution in [1.82, 2.24) is 15.5 Å². The molecule has 3 N–H and O–H groups in total. The Morgan fingerprint density at radius 1 is 1.36 bits per heavy atom. The molecule has 1 aromatic carbocycles. The summed E-state index contributed by atoms with van der Waals surface area (Å²) in [6.45, 7) is 2.08. The van der Waals surface area contributed by atoms with Gasteiger partial charge < -0.3 is 20.9 Å². The SMILES string of the molecule is N#Cc1ccc(NC(=O)NCC2CNC(C(=O)N3CCSC3)C2)cc1. The normalized spacial score (nSPS) is 22.4. The number of benzene rings is 1. The molecule has 0 spiro atoms. The second-order valence-electron chi connectivity index (χ2n) is 6.23. The Morgan fingerprint density at radius 3 is 2.84 bits per heavy atom. The number of nitrogens with one attached hydrogen (secondary N) is 3. The first-order valence-electron chi connectivity index (χ1n) is 8.30. The number of hydrogen-bond donors (Lipinski definition) is 3. The summed E-state index contributed by atoms with van der Waals surface area (Å²) in [4.78, 5) is 26.2. The third kappa shape index (κ3) is 4.65. The average Bonchev–Trinajstić information content (AvgIpc) is 3.32. The molecular weight excluding hydrogens is 338 g/mol. The highest BCUT2D eigenvalue weighted by Gasteiger charge is 2.33. The van der Waals surface area contributed by atoms with Gasteiger partial charge in [-0.1, -0.05) is 0 Å². The molecular formula is C17H21N5O2S. The van der Waals surface area contributed by atoms with Crippen LogP contribution >= 0.6 is 11.8 Å². The van der Waals surface area contributed by atoms with Crippen molar-refractivity contribution in [1.29, 1.82) is 5.26 Å².